The number of nitriles is 1. The Morgan fingerprint density at radius 3 is 2.57 bits per heavy atom. The SMILES string of the molecule is N#Cc1ccc(Nc2ccc(F)c(N)c2C(=O)O)c(Cl)c1. The van der Waals surface area contributed by atoms with Crippen molar-refractivity contribution in [2.45, 2.75) is 0 Å². The van der Waals surface area contributed by atoms with Crippen LogP contribution in [0.4, 0.5) is 21.5 Å². The number of nitrogens with one attached hydrogen (secondary N) is 1. The van der Waals surface area contributed by atoms with Gasteiger partial charge in [0.1, 0.15) is 11.4 Å². The summed E-state index contributed by atoms with van der Waals surface area (Å²) in [5, 5.41) is 20.9. The van der Waals surface area contributed by atoms with Crippen molar-refractivity contribution in [2.24, 2.45) is 0 Å². The Hall–Kier alpha value is -2.78. The third-order valence-electron chi connectivity index (χ3n) is 2.77. The second kappa shape index (κ2) is 5.69. The summed E-state index contributed by atoms with van der Waals surface area (Å²) in [5.74, 6) is -2.18. The van der Waals surface area contributed by atoms with Crippen molar-refractivity contribution in [1.82, 2.24) is 0 Å². The number of nitrogens with zero attached hydrogens (tertiary/aromatic N) is 1. The molecule has 0 amide bonds. The van der Waals surface area contributed by atoms with E-state index in [1.807, 2.05) is 6.07 Å². The van der Waals surface area contributed by atoms with Gasteiger partial charge in [0.15, 0.2) is 0 Å². The minimum atomic E-state index is -1.36. The summed E-state index contributed by atoms with van der Waals surface area (Å²) in [6, 6.07) is 8.70. The van der Waals surface area contributed by atoms with E-state index in [2.05, 4.69) is 5.32 Å². The Labute approximate surface area is 124 Å². The van der Waals surface area contributed by atoms with E-state index in [0.29, 0.717) is 11.3 Å². The summed E-state index contributed by atoms with van der Waals surface area (Å²) in [7, 11) is 0. The molecule has 0 bridgehead atoms. The van der Waals surface area contributed by atoms with Gasteiger partial charge in [-0.25, -0.2) is 9.18 Å². The molecule has 106 valence electrons. The van der Waals surface area contributed by atoms with Crippen LogP contribution in [0, 0.1) is 17.1 Å². The molecule has 21 heavy (non-hydrogen) atoms. The molecule has 5 nitrogen and oxygen atoms in total. The van der Waals surface area contributed by atoms with Gasteiger partial charge in [-0.1, -0.05) is 11.6 Å². The first-order valence-electron chi connectivity index (χ1n) is 5.72. The third kappa shape index (κ3) is 2.88. The van der Waals surface area contributed by atoms with Crippen LogP contribution in [0.3, 0.4) is 0 Å². The summed E-state index contributed by atoms with van der Waals surface area (Å²) in [4.78, 5) is 11.2. The van der Waals surface area contributed by atoms with Gasteiger partial charge in [0, 0.05) is 0 Å². The van der Waals surface area contributed by atoms with Crippen molar-refractivity contribution < 1.29 is 14.3 Å². The van der Waals surface area contributed by atoms with Gasteiger partial charge in [-0.15, -0.1) is 0 Å². The predicted molar refractivity (Wildman–Crippen MR) is 77.2 cm³/mol. The molecule has 0 spiro atoms. The van der Waals surface area contributed by atoms with Crippen molar-refractivity contribution in [3.05, 3.63) is 52.3 Å². The number of rotatable bonds is 3. The van der Waals surface area contributed by atoms with E-state index in [9.17, 15) is 9.18 Å². The van der Waals surface area contributed by atoms with Crippen LogP contribution in [0.5, 0.6) is 0 Å². The fourth-order valence-electron chi connectivity index (χ4n) is 1.76. The zero-order valence-corrected chi connectivity index (χ0v) is 11.3. The molecule has 0 radical (unpaired) electrons. The smallest absolute Gasteiger partial charge is 0.340 e. The first-order chi connectivity index (χ1) is 9.93. The van der Waals surface area contributed by atoms with Gasteiger partial charge in [0.25, 0.3) is 0 Å². The van der Waals surface area contributed by atoms with Crippen LogP contribution in [0.1, 0.15) is 15.9 Å². The lowest BCUT2D eigenvalue weighted by Gasteiger charge is -2.13. The molecule has 0 heterocycles. The fraction of sp³-hybridized carbons (Fsp3) is 0. The van der Waals surface area contributed by atoms with Gasteiger partial charge < -0.3 is 16.2 Å². The van der Waals surface area contributed by atoms with Crippen LogP contribution >= 0.6 is 11.6 Å². The maximum Gasteiger partial charge on any atom is 0.340 e. The number of nitrogens with two attached hydrogens (primary N) is 1. The molecule has 2 aromatic rings. The molecule has 0 saturated heterocycles. The lowest BCUT2D eigenvalue weighted by Crippen LogP contribution is -2.08. The molecule has 0 aliphatic rings. The van der Waals surface area contributed by atoms with Gasteiger partial charge in [-0.2, -0.15) is 5.26 Å². The van der Waals surface area contributed by atoms with Crippen LogP contribution in [-0.4, -0.2) is 11.1 Å². The van der Waals surface area contributed by atoms with E-state index in [-0.39, 0.29) is 16.3 Å². The number of aromatic carboxylic acids is 1. The molecule has 7 heteroatoms. The third-order valence-corrected chi connectivity index (χ3v) is 3.09. The second-order valence-electron chi connectivity index (χ2n) is 4.12. The molecule has 2 rings (SSSR count). The molecule has 0 fully saturated rings. The number of nitrogen functional groups attached to an aromatic ring is 1. The highest BCUT2D eigenvalue weighted by Gasteiger charge is 2.18. The average molecular weight is 306 g/mol. The van der Waals surface area contributed by atoms with Crippen LogP contribution in [-0.2, 0) is 0 Å². The number of hydrogen-bond donors (Lipinski definition) is 3. The van der Waals surface area contributed by atoms with Crippen LogP contribution in [0.25, 0.3) is 0 Å². The van der Waals surface area contributed by atoms with Gasteiger partial charge >= 0.3 is 5.97 Å². The number of carboxylic acid groups (broad SMARTS) is 1. The maximum absolute atomic E-state index is 13.4. The summed E-state index contributed by atoms with van der Waals surface area (Å²) in [5.41, 5.74) is 5.46. The monoisotopic (exact) mass is 305 g/mol. The molecule has 0 unspecified atom stereocenters. The molecule has 0 aromatic heterocycles. The number of carbonyl (C=O) groups is 1. The van der Waals surface area contributed by atoms with Crippen LogP contribution < -0.4 is 11.1 Å². The largest absolute Gasteiger partial charge is 0.478 e. The van der Waals surface area contributed by atoms with E-state index < -0.39 is 17.5 Å². The van der Waals surface area contributed by atoms with Crippen LogP contribution in [0.2, 0.25) is 5.02 Å². The van der Waals surface area contributed by atoms with Gasteiger partial charge in [-0.3, -0.25) is 0 Å². The first-order valence-corrected chi connectivity index (χ1v) is 6.09. The van der Waals surface area contributed by atoms with E-state index in [1.54, 1.807) is 0 Å². The van der Waals surface area contributed by atoms with Crippen molar-refractivity contribution in [3.8, 4) is 6.07 Å². The summed E-state index contributed by atoms with van der Waals surface area (Å²) < 4.78 is 13.4. The summed E-state index contributed by atoms with van der Waals surface area (Å²) in [6.45, 7) is 0. The maximum atomic E-state index is 13.4. The lowest BCUT2D eigenvalue weighted by molar-refractivity contribution is 0.0698. The Kier molecular flexibility index (Phi) is 3.96. The van der Waals surface area contributed by atoms with Crippen molar-refractivity contribution in [2.75, 3.05) is 11.1 Å². The quantitative estimate of drug-likeness (QED) is 0.755. The zero-order valence-electron chi connectivity index (χ0n) is 10.5. The van der Waals surface area contributed by atoms with E-state index in [0.717, 1.165) is 6.07 Å². The van der Waals surface area contributed by atoms with Crippen LogP contribution in [0.15, 0.2) is 30.3 Å². The van der Waals surface area contributed by atoms with Crippen molar-refractivity contribution in [1.29, 1.82) is 5.26 Å². The van der Waals surface area contributed by atoms with Crippen molar-refractivity contribution >= 4 is 34.6 Å². The predicted octanol–water partition coefficient (Wildman–Crippen LogP) is 3.37. The Morgan fingerprint density at radius 1 is 1.33 bits per heavy atom. The molecular formula is C14H9ClFN3O2. The lowest BCUT2D eigenvalue weighted by atomic mass is 10.1. The Morgan fingerprint density at radius 2 is 2.00 bits per heavy atom. The highest BCUT2D eigenvalue weighted by atomic mass is 35.5. The number of hydrogen-bond acceptors (Lipinski definition) is 4. The number of benzene rings is 2. The molecule has 0 atom stereocenters. The second-order valence-corrected chi connectivity index (χ2v) is 4.53. The minimum absolute atomic E-state index is 0.105. The number of anilines is 3. The molecule has 2 aromatic carbocycles. The minimum Gasteiger partial charge on any atom is -0.478 e. The van der Waals surface area contributed by atoms with Gasteiger partial charge in [0.2, 0.25) is 0 Å². The first kappa shape index (κ1) is 14.6. The van der Waals surface area contributed by atoms with E-state index >= 15 is 0 Å². The normalized spacial score (nSPS) is 9.95. The number of carboxylic acids is 1. The average Bonchev–Trinajstić information content (AvgIpc) is 2.44. The highest BCUT2D eigenvalue weighted by Crippen LogP contribution is 2.31. The topological polar surface area (TPSA) is 99.1 Å². The van der Waals surface area contributed by atoms with E-state index in [4.69, 9.17) is 27.7 Å². The fourth-order valence-corrected chi connectivity index (χ4v) is 1.99. The Balaban J connectivity index is 2.48. The molecule has 0 aliphatic heterocycles. The highest BCUT2D eigenvalue weighted by molar-refractivity contribution is 6.33. The summed E-state index contributed by atoms with van der Waals surface area (Å²) in [6.07, 6.45) is 0. The van der Waals surface area contributed by atoms with Gasteiger partial charge in [0.05, 0.1) is 33.7 Å². The summed E-state index contributed by atoms with van der Waals surface area (Å²) >= 11 is 5.99. The van der Waals surface area contributed by atoms with Gasteiger partial charge in [-0.05, 0) is 30.3 Å². The van der Waals surface area contributed by atoms with Crippen molar-refractivity contribution in [3.63, 3.8) is 0 Å². The molecule has 0 aliphatic carbocycles. The standard InChI is InChI=1S/C14H9ClFN3O2/c15-8-5-7(6-17)1-3-10(8)19-11-4-2-9(16)13(18)12(11)14(20)21/h1-5,19H,18H2,(H,20,21). The number of halogens is 2. The molecular weight excluding hydrogens is 297 g/mol. The molecule has 0 saturated carbocycles. The zero-order chi connectivity index (χ0) is 15.6. The van der Waals surface area contributed by atoms with E-state index in [1.165, 1.54) is 24.3 Å². The molecule has 4 N–H and O–H groups in total. The Bertz CT molecular complexity index is 772.